The van der Waals surface area contributed by atoms with Crippen molar-refractivity contribution in [3.8, 4) is 5.75 Å². The van der Waals surface area contributed by atoms with Gasteiger partial charge < -0.3 is 15.4 Å². The van der Waals surface area contributed by atoms with Crippen LogP contribution in [-0.2, 0) is 10.0 Å². The highest BCUT2D eigenvalue weighted by molar-refractivity contribution is 7.88. The van der Waals surface area contributed by atoms with Crippen molar-refractivity contribution in [2.75, 3.05) is 50.2 Å². The van der Waals surface area contributed by atoms with Crippen molar-refractivity contribution < 1.29 is 17.5 Å². The van der Waals surface area contributed by atoms with Crippen LogP contribution in [0.25, 0.3) is 0 Å². The first kappa shape index (κ1) is 14.9. The topological polar surface area (TPSA) is 75.9 Å². The monoisotopic (exact) mass is 303 g/mol. The van der Waals surface area contributed by atoms with E-state index in [4.69, 9.17) is 10.5 Å². The van der Waals surface area contributed by atoms with Crippen LogP contribution in [-0.4, -0.2) is 52.3 Å². The van der Waals surface area contributed by atoms with Crippen LogP contribution >= 0.6 is 0 Å². The normalized spacial score (nSPS) is 17.2. The summed E-state index contributed by atoms with van der Waals surface area (Å²) in [5.74, 6) is -0.0250. The second-order valence-corrected chi connectivity index (χ2v) is 6.68. The van der Waals surface area contributed by atoms with E-state index >= 15 is 0 Å². The van der Waals surface area contributed by atoms with Gasteiger partial charge in [0, 0.05) is 38.3 Å². The number of anilines is 2. The Kier molecular flexibility index (Phi) is 4.05. The molecule has 6 nitrogen and oxygen atoms in total. The largest absolute Gasteiger partial charge is 0.495 e. The van der Waals surface area contributed by atoms with Gasteiger partial charge in [0.25, 0.3) is 0 Å². The Morgan fingerprint density at radius 1 is 1.25 bits per heavy atom. The van der Waals surface area contributed by atoms with E-state index in [1.54, 1.807) is 11.0 Å². The number of sulfonamides is 1. The number of piperazine rings is 1. The molecule has 1 saturated heterocycles. The van der Waals surface area contributed by atoms with Gasteiger partial charge >= 0.3 is 0 Å². The summed E-state index contributed by atoms with van der Waals surface area (Å²) in [6.07, 6.45) is 1.18. The molecule has 0 aromatic heterocycles. The molecule has 0 amide bonds. The first-order valence-corrected chi connectivity index (χ1v) is 8.01. The number of methoxy groups -OCH3 is 1. The van der Waals surface area contributed by atoms with E-state index < -0.39 is 15.8 Å². The lowest BCUT2D eigenvalue weighted by molar-refractivity contribution is 0.385. The number of halogens is 1. The number of nitrogen functional groups attached to an aromatic ring is 1. The molecular weight excluding hydrogens is 285 g/mol. The third-order valence-corrected chi connectivity index (χ3v) is 4.65. The summed E-state index contributed by atoms with van der Waals surface area (Å²) in [5, 5.41) is 0. The van der Waals surface area contributed by atoms with Crippen LogP contribution in [0, 0.1) is 5.82 Å². The molecule has 2 N–H and O–H groups in total. The third kappa shape index (κ3) is 2.96. The van der Waals surface area contributed by atoms with Gasteiger partial charge in [-0.15, -0.1) is 0 Å². The Morgan fingerprint density at radius 3 is 2.35 bits per heavy atom. The number of nitrogens with zero attached hydrogens (tertiary/aromatic N) is 2. The maximum atomic E-state index is 14.0. The van der Waals surface area contributed by atoms with Crippen LogP contribution in [0.2, 0.25) is 0 Å². The zero-order valence-electron chi connectivity index (χ0n) is 11.5. The first-order valence-electron chi connectivity index (χ1n) is 6.16. The lowest BCUT2D eigenvalue weighted by Crippen LogP contribution is -2.48. The fourth-order valence-corrected chi connectivity index (χ4v) is 3.06. The lowest BCUT2D eigenvalue weighted by atomic mass is 10.2. The summed E-state index contributed by atoms with van der Waals surface area (Å²) in [4.78, 5) is 1.79. The van der Waals surface area contributed by atoms with Crippen molar-refractivity contribution in [3.63, 3.8) is 0 Å². The molecule has 2 rings (SSSR count). The van der Waals surface area contributed by atoms with E-state index in [0.717, 1.165) is 0 Å². The van der Waals surface area contributed by atoms with Gasteiger partial charge in [0.15, 0.2) is 0 Å². The van der Waals surface area contributed by atoms with Crippen molar-refractivity contribution >= 4 is 21.4 Å². The molecular formula is C12H18FN3O3S. The molecule has 8 heteroatoms. The zero-order valence-corrected chi connectivity index (χ0v) is 12.3. The minimum Gasteiger partial charge on any atom is -0.495 e. The molecule has 1 fully saturated rings. The van der Waals surface area contributed by atoms with E-state index in [9.17, 15) is 12.8 Å². The van der Waals surface area contributed by atoms with Crippen molar-refractivity contribution in [1.29, 1.82) is 0 Å². The number of benzene rings is 1. The van der Waals surface area contributed by atoms with Crippen LogP contribution in [0.15, 0.2) is 12.1 Å². The maximum absolute atomic E-state index is 14.0. The average molecular weight is 303 g/mol. The first-order chi connectivity index (χ1) is 9.32. The molecule has 0 atom stereocenters. The molecule has 1 aliphatic heterocycles. The summed E-state index contributed by atoms with van der Waals surface area (Å²) in [5.41, 5.74) is 6.26. The minimum atomic E-state index is -3.19. The highest BCUT2D eigenvalue weighted by Crippen LogP contribution is 2.31. The lowest BCUT2D eigenvalue weighted by Gasteiger charge is -2.35. The van der Waals surface area contributed by atoms with Gasteiger partial charge in [0.05, 0.1) is 24.7 Å². The van der Waals surface area contributed by atoms with Crippen LogP contribution in [0.1, 0.15) is 0 Å². The summed E-state index contributed by atoms with van der Waals surface area (Å²) >= 11 is 0. The standard InChI is InChI=1S/C12H18FN3O3S/c1-19-12-8-11(9(13)7-10(12)14)15-3-5-16(6-4-15)20(2,17)18/h7-8H,3-6,14H2,1-2H3. The molecule has 0 aliphatic carbocycles. The molecule has 0 radical (unpaired) electrons. The minimum absolute atomic E-state index is 0.239. The molecule has 1 aromatic carbocycles. The predicted molar refractivity (Wildman–Crippen MR) is 76.0 cm³/mol. The van der Waals surface area contributed by atoms with Crippen molar-refractivity contribution in [1.82, 2.24) is 4.31 Å². The number of hydrogen-bond donors (Lipinski definition) is 1. The van der Waals surface area contributed by atoms with Crippen LogP contribution in [0.4, 0.5) is 15.8 Å². The Morgan fingerprint density at radius 2 is 1.85 bits per heavy atom. The molecule has 0 bridgehead atoms. The van der Waals surface area contributed by atoms with Gasteiger partial charge in [0.2, 0.25) is 10.0 Å². The summed E-state index contributed by atoms with van der Waals surface area (Å²) in [7, 11) is -1.73. The average Bonchev–Trinajstić information content (AvgIpc) is 2.38. The van der Waals surface area contributed by atoms with Gasteiger partial charge in [-0.05, 0) is 0 Å². The SMILES string of the molecule is COc1cc(N2CCN(S(C)(=O)=O)CC2)c(F)cc1N. The molecule has 1 aliphatic rings. The number of ether oxygens (including phenoxy) is 1. The van der Waals surface area contributed by atoms with Crippen LogP contribution < -0.4 is 15.4 Å². The van der Waals surface area contributed by atoms with Crippen LogP contribution in [0.3, 0.4) is 0 Å². The number of hydrogen-bond acceptors (Lipinski definition) is 5. The number of rotatable bonds is 3. The Hall–Kier alpha value is -1.54. The Bertz CT molecular complexity index is 598. The van der Waals surface area contributed by atoms with Crippen molar-refractivity contribution in [2.45, 2.75) is 0 Å². The van der Waals surface area contributed by atoms with E-state index in [1.165, 1.54) is 23.7 Å². The zero-order chi connectivity index (χ0) is 14.9. The quantitative estimate of drug-likeness (QED) is 0.823. The second kappa shape index (κ2) is 5.45. The third-order valence-electron chi connectivity index (χ3n) is 3.35. The fraction of sp³-hybridized carbons (Fsp3) is 0.500. The Balaban J connectivity index is 2.19. The smallest absolute Gasteiger partial charge is 0.211 e. The summed E-state index contributed by atoms with van der Waals surface area (Å²) < 4.78 is 43.3. The van der Waals surface area contributed by atoms with E-state index in [-0.39, 0.29) is 5.69 Å². The highest BCUT2D eigenvalue weighted by Gasteiger charge is 2.25. The van der Waals surface area contributed by atoms with Gasteiger partial charge in [-0.3, -0.25) is 0 Å². The van der Waals surface area contributed by atoms with E-state index in [2.05, 4.69) is 0 Å². The van der Waals surface area contributed by atoms with E-state index in [1.807, 2.05) is 0 Å². The molecule has 112 valence electrons. The van der Waals surface area contributed by atoms with Crippen molar-refractivity contribution in [2.24, 2.45) is 0 Å². The molecule has 0 spiro atoms. The van der Waals surface area contributed by atoms with E-state index in [0.29, 0.717) is 37.6 Å². The highest BCUT2D eigenvalue weighted by atomic mass is 32.2. The predicted octanol–water partition coefficient (Wildman–Crippen LogP) is 0.498. The molecule has 0 saturated carbocycles. The van der Waals surface area contributed by atoms with Gasteiger partial charge in [-0.25, -0.2) is 12.8 Å². The van der Waals surface area contributed by atoms with Crippen molar-refractivity contribution in [3.05, 3.63) is 17.9 Å². The number of nitrogens with two attached hydrogens (primary N) is 1. The van der Waals surface area contributed by atoms with Gasteiger partial charge in [0.1, 0.15) is 11.6 Å². The summed E-state index contributed by atoms with van der Waals surface area (Å²) in [6.45, 7) is 1.53. The molecule has 20 heavy (non-hydrogen) atoms. The van der Waals surface area contributed by atoms with Gasteiger partial charge in [-0.2, -0.15) is 4.31 Å². The van der Waals surface area contributed by atoms with Crippen LogP contribution in [0.5, 0.6) is 5.75 Å². The fourth-order valence-electron chi connectivity index (χ4n) is 2.24. The molecule has 1 aromatic rings. The maximum Gasteiger partial charge on any atom is 0.211 e. The Labute approximate surface area is 118 Å². The molecule has 1 heterocycles. The van der Waals surface area contributed by atoms with Gasteiger partial charge in [-0.1, -0.05) is 0 Å². The second-order valence-electron chi connectivity index (χ2n) is 4.69. The summed E-state index contributed by atoms with van der Waals surface area (Å²) in [6, 6.07) is 2.76. The molecule has 0 unspecified atom stereocenters.